The smallest absolute Gasteiger partial charge is 0.220 e. The molecule has 0 atom stereocenters. The number of nitrogens with zero attached hydrogens (tertiary/aromatic N) is 2. The van der Waals surface area contributed by atoms with E-state index in [1.54, 1.807) is 12.1 Å². The van der Waals surface area contributed by atoms with E-state index in [1.165, 1.54) is 6.07 Å². The number of fused-ring (bicyclic) bond motifs is 1. The molecule has 4 heteroatoms. The van der Waals surface area contributed by atoms with Crippen LogP contribution in [-0.2, 0) is 6.54 Å². The third-order valence-corrected chi connectivity index (χ3v) is 3.38. The standard InChI is InChI=1S/C15H17FN2O/c1-10(2)14-13(11-6-3-4-7-12(11)16)15-18(17-14)8-5-9-19-15/h3-4,6-7,10H,5,8-9H2,1-2H3. The Morgan fingerprint density at radius 3 is 2.84 bits per heavy atom. The molecule has 0 spiro atoms. The number of aryl methyl sites for hydroxylation is 1. The lowest BCUT2D eigenvalue weighted by atomic mass is 9.99. The molecule has 0 saturated heterocycles. The van der Waals surface area contributed by atoms with Crippen LogP contribution in [0.25, 0.3) is 11.1 Å². The SMILES string of the molecule is CC(C)c1nn2c(c1-c1ccccc1F)OCCC2. The van der Waals surface area contributed by atoms with Crippen molar-refractivity contribution >= 4 is 0 Å². The summed E-state index contributed by atoms with van der Waals surface area (Å²) in [6.45, 7) is 5.64. The van der Waals surface area contributed by atoms with E-state index in [9.17, 15) is 4.39 Å². The minimum absolute atomic E-state index is 0.227. The Hall–Kier alpha value is -1.84. The molecule has 1 aliphatic heterocycles. The minimum Gasteiger partial charge on any atom is -0.477 e. The summed E-state index contributed by atoms with van der Waals surface area (Å²) in [6.07, 6.45) is 0.947. The first-order chi connectivity index (χ1) is 9.18. The summed E-state index contributed by atoms with van der Waals surface area (Å²) >= 11 is 0. The molecule has 100 valence electrons. The molecule has 2 heterocycles. The summed E-state index contributed by atoms with van der Waals surface area (Å²) < 4.78 is 21.7. The molecule has 1 aromatic carbocycles. The van der Waals surface area contributed by atoms with Gasteiger partial charge in [0, 0.05) is 18.5 Å². The maximum absolute atomic E-state index is 14.1. The maximum Gasteiger partial charge on any atom is 0.220 e. The van der Waals surface area contributed by atoms with Crippen LogP contribution in [0.15, 0.2) is 24.3 Å². The highest BCUT2D eigenvalue weighted by Crippen LogP contribution is 2.39. The summed E-state index contributed by atoms with van der Waals surface area (Å²) in [5.74, 6) is 0.714. The van der Waals surface area contributed by atoms with E-state index < -0.39 is 0 Å². The van der Waals surface area contributed by atoms with Crippen LogP contribution in [0.5, 0.6) is 5.88 Å². The molecule has 0 aliphatic carbocycles. The first-order valence-corrected chi connectivity index (χ1v) is 6.67. The van der Waals surface area contributed by atoms with Gasteiger partial charge in [-0.2, -0.15) is 5.10 Å². The van der Waals surface area contributed by atoms with Crippen molar-refractivity contribution in [1.82, 2.24) is 9.78 Å². The summed E-state index contributed by atoms with van der Waals surface area (Å²) in [5, 5.41) is 4.59. The quantitative estimate of drug-likeness (QED) is 0.825. The van der Waals surface area contributed by atoms with Gasteiger partial charge in [0.1, 0.15) is 5.82 Å². The predicted molar refractivity (Wildman–Crippen MR) is 71.8 cm³/mol. The topological polar surface area (TPSA) is 27.1 Å². The van der Waals surface area contributed by atoms with Gasteiger partial charge in [-0.1, -0.05) is 32.0 Å². The van der Waals surface area contributed by atoms with Crippen molar-refractivity contribution in [2.24, 2.45) is 0 Å². The number of rotatable bonds is 2. The van der Waals surface area contributed by atoms with Crippen molar-refractivity contribution in [3.05, 3.63) is 35.8 Å². The summed E-state index contributed by atoms with van der Waals surface area (Å²) in [4.78, 5) is 0. The fourth-order valence-corrected chi connectivity index (χ4v) is 2.47. The van der Waals surface area contributed by atoms with Gasteiger partial charge in [0.25, 0.3) is 0 Å². The van der Waals surface area contributed by atoms with E-state index in [0.29, 0.717) is 18.1 Å². The second-order valence-electron chi connectivity index (χ2n) is 5.13. The van der Waals surface area contributed by atoms with Gasteiger partial charge >= 0.3 is 0 Å². The Morgan fingerprint density at radius 1 is 1.32 bits per heavy atom. The van der Waals surface area contributed by atoms with E-state index in [4.69, 9.17) is 4.74 Å². The van der Waals surface area contributed by atoms with Gasteiger partial charge < -0.3 is 4.74 Å². The Bertz CT molecular complexity index is 604. The Morgan fingerprint density at radius 2 is 2.11 bits per heavy atom. The molecule has 1 aromatic heterocycles. The van der Waals surface area contributed by atoms with Gasteiger partial charge in [-0.05, 0) is 12.0 Å². The van der Waals surface area contributed by atoms with Gasteiger partial charge in [-0.25, -0.2) is 9.07 Å². The molecule has 3 rings (SSSR count). The van der Waals surface area contributed by atoms with Crippen LogP contribution in [-0.4, -0.2) is 16.4 Å². The Labute approximate surface area is 112 Å². The predicted octanol–water partition coefficient (Wildman–Crippen LogP) is 3.60. The van der Waals surface area contributed by atoms with Crippen molar-refractivity contribution in [3.63, 3.8) is 0 Å². The van der Waals surface area contributed by atoms with Crippen LogP contribution in [0.2, 0.25) is 0 Å². The van der Waals surface area contributed by atoms with Crippen molar-refractivity contribution in [2.45, 2.75) is 32.7 Å². The fourth-order valence-electron chi connectivity index (χ4n) is 2.47. The number of hydrogen-bond acceptors (Lipinski definition) is 2. The molecule has 1 aliphatic rings. The van der Waals surface area contributed by atoms with Crippen molar-refractivity contribution in [2.75, 3.05) is 6.61 Å². The van der Waals surface area contributed by atoms with E-state index in [1.807, 2.05) is 10.7 Å². The second-order valence-corrected chi connectivity index (χ2v) is 5.13. The zero-order chi connectivity index (χ0) is 13.4. The number of aromatic nitrogens is 2. The lowest BCUT2D eigenvalue weighted by Gasteiger charge is -2.16. The number of halogens is 1. The highest BCUT2D eigenvalue weighted by molar-refractivity contribution is 5.72. The number of hydrogen-bond donors (Lipinski definition) is 0. The molecule has 0 N–H and O–H groups in total. The highest BCUT2D eigenvalue weighted by atomic mass is 19.1. The first kappa shape index (κ1) is 12.2. The van der Waals surface area contributed by atoms with Gasteiger partial charge in [0.2, 0.25) is 5.88 Å². The average molecular weight is 260 g/mol. The van der Waals surface area contributed by atoms with Crippen LogP contribution in [0.3, 0.4) is 0 Å². The third kappa shape index (κ3) is 2.01. The average Bonchev–Trinajstić information content (AvgIpc) is 2.79. The molecule has 0 unspecified atom stereocenters. The molecule has 0 bridgehead atoms. The minimum atomic E-state index is -0.227. The molecule has 0 fully saturated rings. The highest BCUT2D eigenvalue weighted by Gasteiger charge is 2.26. The zero-order valence-corrected chi connectivity index (χ0v) is 11.2. The van der Waals surface area contributed by atoms with E-state index in [2.05, 4.69) is 18.9 Å². The lowest BCUT2D eigenvalue weighted by molar-refractivity contribution is 0.231. The largest absolute Gasteiger partial charge is 0.477 e. The molecule has 19 heavy (non-hydrogen) atoms. The van der Waals surface area contributed by atoms with E-state index in [-0.39, 0.29) is 11.7 Å². The lowest BCUT2D eigenvalue weighted by Crippen LogP contribution is -2.15. The monoisotopic (exact) mass is 260 g/mol. The number of ether oxygens (including phenoxy) is 1. The van der Waals surface area contributed by atoms with Crippen LogP contribution in [0, 0.1) is 5.82 Å². The van der Waals surface area contributed by atoms with Crippen LogP contribution in [0.1, 0.15) is 31.9 Å². The molecular weight excluding hydrogens is 243 g/mol. The van der Waals surface area contributed by atoms with E-state index in [0.717, 1.165) is 24.2 Å². The zero-order valence-electron chi connectivity index (χ0n) is 11.2. The summed E-state index contributed by atoms with van der Waals surface area (Å²) in [6, 6.07) is 6.81. The second kappa shape index (κ2) is 4.68. The van der Waals surface area contributed by atoms with Crippen molar-refractivity contribution in [3.8, 4) is 17.0 Å². The molecule has 0 saturated carbocycles. The summed E-state index contributed by atoms with van der Waals surface area (Å²) in [7, 11) is 0. The third-order valence-electron chi connectivity index (χ3n) is 3.38. The van der Waals surface area contributed by atoms with Gasteiger partial charge in [-0.3, -0.25) is 0 Å². The van der Waals surface area contributed by atoms with Crippen molar-refractivity contribution < 1.29 is 9.13 Å². The normalized spacial score (nSPS) is 14.3. The summed E-state index contributed by atoms with van der Waals surface area (Å²) in [5.41, 5.74) is 2.30. The molecule has 2 aromatic rings. The Balaban J connectivity index is 2.24. The molecule has 0 amide bonds. The molecule has 0 radical (unpaired) electrons. The number of benzene rings is 1. The first-order valence-electron chi connectivity index (χ1n) is 6.67. The fraction of sp³-hybridized carbons (Fsp3) is 0.400. The van der Waals surface area contributed by atoms with Crippen LogP contribution >= 0.6 is 0 Å². The Kier molecular flexibility index (Phi) is 3.01. The molecule has 3 nitrogen and oxygen atoms in total. The van der Waals surface area contributed by atoms with E-state index >= 15 is 0 Å². The van der Waals surface area contributed by atoms with Crippen molar-refractivity contribution in [1.29, 1.82) is 0 Å². The van der Waals surface area contributed by atoms with Gasteiger partial charge in [0.05, 0.1) is 17.9 Å². The molecular formula is C15H17FN2O. The van der Waals surface area contributed by atoms with Crippen LogP contribution < -0.4 is 4.74 Å². The maximum atomic E-state index is 14.1. The van der Waals surface area contributed by atoms with Crippen LogP contribution in [0.4, 0.5) is 4.39 Å². The van der Waals surface area contributed by atoms with Gasteiger partial charge in [-0.15, -0.1) is 0 Å². The van der Waals surface area contributed by atoms with Gasteiger partial charge in [0.15, 0.2) is 0 Å².